The Bertz CT molecular complexity index is 984. The number of ketones is 1. The number of hydrogen-bond acceptors (Lipinski definition) is 5. The summed E-state index contributed by atoms with van der Waals surface area (Å²) in [7, 11) is 0. The van der Waals surface area contributed by atoms with Crippen LogP contribution in [0.15, 0.2) is 54.1 Å². The van der Waals surface area contributed by atoms with E-state index in [9.17, 15) is 24.2 Å². The van der Waals surface area contributed by atoms with E-state index in [0.717, 1.165) is 0 Å². The first-order valence-electron chi connectivity index (χ1n) is 10.2. The number of aliphatic hydroxyl groups excluding tert-OH is 2. The van der Waals surface area contributed by atoms with Gasteiger partial charge in [-0.3, -0.25) is 9.59 Å². The third-order valence-corrected chi connectivity index (χ3v) is 5.01. The quantitative estimate of drug-likeness (QED) is 0.381. The van der Waals surface area contributed by atoms with Crippen LogP contribution in [0.4, 0.5) is 4.39 Å². The van der Waals surface area contributed by atoms with E-state index in [-0.39, 0.29) is 36.5 Å². The maximum absolute atomic E-state index is 14.6. The SMILES string of the molecule is CC(C)COc1ccc(C(O)=C2C(=O)C(=O)N(CCCO)[C@@H]2c2ccccc2F)cc1. The topological polar surface area (TPSA) is 87.1 Å². The Labute approximate surface area is 180 Å². The van der Waals surface area contributed by atoms with Crippen LogP contribution in [0.5, 0.6) is 5.75 Å². The van der Waals surface area contributed by atoms with Crippen molar-refractivity contribution in [2.75, 3.05) is 19.8 Å². The van der Waals surface area contributed by atoms with Crippen LogP contribution >= 0.6 is 0 Å². The first kappa shape index (κ1) is 22.5. The van der Waals surface area contributed by atoms with E-state index in [2.05, 4.69) is 0 Å². The average Bonchev–Trinajstić information content (AvgIpc) is 3.01. The molecule has 7 heteroatoms. The van der Waals surface area contributed by atoms with Gasteiger partial charge in [0.1, 0.15) is 17.3 Å². The largest absolute Gasteiger partial charge is 0.507 e. The number of amides is 1. The summed E-state index contributed by atoms with van der Waals surface area (Å²) in [6.07, 6.45) is 0.222. The molecule has 1 heterocycles. The van der Waals surface area contributed by atoms with Crippen molar-refractivity contribution in [2.24, 2.45) is 5.92 Å². The van der Waals surface area contributed by atoms with Gasteiger partial charge in [0.15, 0.2) is 0 Å². The Kier molecular flexibility index (Phi) is 7.07. The number of aliphatic hydroxyl groups is 2. The Morgan fingerprint density at radius 2 is 1.81 bits per heavy atom. The van der Waals surface area contributed by atoms with Crippen molar-refractivity contribution in [3.05, 3.63) is 71.0 Å². The van der Waals surface area contributed by atoms with Crippen molar-refractivity contribution in [2.45, 2.75) is 26.3 Å². The second kappa shape index (κ2) is 9.75. The summed E-state index contributed by atoms with van der Waals surface area (Å²) in [5.74, 6) is -1.73. The predicted molar refractivity (Wildman–Crippen MR) is 114 cm³/mol. The number of Topliss-reactive ketones (excluding diaryl/α,β-unsaturated/α-hetero) is 1. The molecule has 2 N–H and O–H groups in total. The summed E-state index contributed by atoms with van der Waals surface area (Å²) >= 11 is 0. The number of carbonyl (C=O) groups excluding carboxylic acids is 2. The minimum atomic E-state index is -1.08. The molecule has 1 aliphatic rings. The number of nitrogens with zero attached hydrogens (tertiary/aromatic N) is 1. The number of hydrogen-bond donors (Lipinski definition) is 2. The highest BCUT2D eigenvalue weighted by atomic mass is 19.1. The molecule has 2 aromatic rings. The first-order valence-corrected chi connectivity index (χ1v) is 10.2. The summed E-state index contributed by atoms with van der Waals surface area (Å²) in [5, 5.41) is 20.1. The van der Waals surface area contributed by atoms with Crippen LogP contribution in [0.1, 0.15) is 37.4 Å². The fraction of sp³-hybridized carbons (Fsp3) is 0.333. The van der Waals surface area contributed by atoms with Crippen LogP contribution in [0.2, 0.25) is 0 Å². The molecule has 31 heavy (non-hydrogen) atoms. The van der Waals surface area contributed by atoms with Crippen LogP contribution in [-0.4, -0.2) is 46.6 Å². The molecule has 0 aromatic heterocycles. The first-order chi connectivity index (χ1) is 14.8. The molecule has 3 rings (SSSR count). The lowest BCUT2D eigenvalue weighted by Crippen LogP contribution is -2.31. The molecule has 0 aliphatic carbocycles. The molecule has 1 aliphatic heterocycles. The number of rotatable bonds is 8. The fourth-order valence-corrected chi connectivity index (χ4v) is 3.50. The van der Waals surface area contributed by atoms with E-state index in [1.807, 2.05) is 13.8 Å². The number of carbonyl (C=O) groups is 2. The van der Waals surface area contributed by atoms with Gasteiger partial charge in [0.2, 0.25) is 0 Å². The molecule has 2 aromatic carbocycles. The number of benzene rings is 2. The van der Waals surface area contributed by atoms with E-state index >= 15 is 0 Å². The van der Waals surface area contributed by atoms with Crippen LogP contribution in [0.3, 0.4) is 0 Å². The molecule has 0 bridgehead atoms. The lowest BCUT2D eigenvalue weighted by molar-refractivity contribution is -0.140. The standard InChI is InChI=1S/C24H26FNO5/c1-15(2)14-31-17-10-8-16(9-11-17)22(28)20-21(18-6-3-4-7-19(18)25)26(12-5-13-27)24(30)23(20)29/h3-4,6-11,15,21,27-28H,5,12-14H2,1-2H3/t21-/m1/s1. The lowest BCUT2D eigenvalue weighted by Gasteiger charge is -2.25. The van der Waals surface area contributed by atoms with Crippen LogP contribution in [0.25, 0.3) is 5.76 Å². The predicted octanol–water partition coefficient (Wildman–Crippen LogP) is 3.66. The molecule has 1 atom stereocenters. The number of halogens is 1. The third kappa shape index (κ3) is 4.77. The molecule has 0 radical (unpaired) electrons. The minimum absolute atomic E-state index is 0.0544. The van der Waals surface area contributed by atoms with Gasteiger partial charge in [-0.1, -0.05) is 32.0 Å². The van der Waals surface area contributed by atoms with E-state index in [1.54, 1.807) is 30.3 Å². The molecular weight excluding hydrogens is 401 g/mol. The Hall–Kier alpha value is -3.19. The molecule has 0 spiro atoms. The van der Waals surface area contributed by atoms with Crippen LogP contribution in [0, 0.1) is 11.7 Å². The van der Waals surface area contributed by atoms with E-state index in [1.165, 1.54) is 23.1 Å². The maximum Gasteiger partial charge on any atom is 0.295 e. The van der Waals surface area contributed by atoms with Gasteiger partial charge in [0, 0.05) is 24.3 Å². The van der Waals surface area contributed by atoms with Crippen molar-refractivity contribution >= 4 is 17.4 Å². The average molecular weight is 427 g/mol. The Morgan fingerprint density at radius 1 is 1.13 bits per heavy atom. The summed E-state index contributed by atoms with van der Waals surface area (Å²) < 4.78 is 20.2. The zero-order valence-corrected chi connectivity index (χ0v) is 17.5. The van der Waals surface area contributed by atoms with Crippen molar-refractivity contribution in [3.8, 4) is 5.75 Å². The van der Waals surface area contributed by atoms with Gasteiger partial charge >= 0.3 is 0 Å². The van der Waals surface area contributed by atoms with Crippen LogP contribution in [-0.2, 0) is 9.59 Å². The van der Waals surface area contributed by atoms with Gasteiger partial charge in [-0.2, -0.15) is 0 Å². The molecule has 0 unspecified atom stereocenters. The molecule has 6 nitrogen and oxygen atoms in total. The number of ether oxygens (including phenoxy) is 1. The van der Waals surface area contributed by atoms with Crippen molar-refractivity contribution in [1.29, 1.82) is 0 Å². The van der Waals surface area contributed by atoms with Gasteiger partial charge < -0.3 is 19.8 Å². The van der Waals surface area contributed by atoms with Gasteiger partial charge in [-0.15, -0.1) is 0 Å². The minimum Gasteiger partial charge on any atom is -0.507 e. The summed E-state index contributed by atoms with van der Waals surface area (Å²) in [6, 6.07) is 11.3. The van der Waals surface area contributed by atoms with Gasteiger partial charge in [-0.05, 0) is 42.7 Å². The molecule has 1 saturated heterocycles. The van der Waals surface area contributed by atoms with E-state index in [0.29, 0.717) is 23.8 Å². The zero-order chi connectivity index (χ0) is 22.5. The molecule has 1 amide bonds. The normalized spacial score (nSPS) is 18.1. The smallest absolute Gasteiger partial charge is 0.295 e. The third-order valence-electron chi connectivity index (χ3n) is 5.01. The summed E-state index contributed by atoms with van der Waals surface area (Å²) in [5.41, 5.74) is 0.250. The maximum atomic E-state index is 14.6. The van der Waals surface area contributed by atoms with E-state index < -0.39 is 23.5 Å². The highest BCUT2D eigenvalue weighted by Crippen LogP contribution is 2.40. The van der Waals surface area contributed by atoms with Crippen molar-refractivity contribution in [1.82, 2.24) is 4.90 Å². The van der Waals surface area contributed by atoms with Gasteiger partial charge in [-0.25, -0.2) is 4.39 Å². The fourth-order valence-electron chi connectivity index (χ4n) is 3.50. The highest BCUT2D eigenvalue weighted by Gasteiger charge is 2.46. The van der Waals surface area contributed by atoms with Crippen molar-refractivity contribution in [3.63, 3.8) is 0 Å². The molecule has 0 saturated carbocycles. The summed E-state index contributed by atoms with van der Waals surface area (Å²) in [6.45, 7) is 4.45. The Morgan fingerprint density at radius 3 is 2.42 bits per heavy atom. The highest BCUT2D eigenvalue weighted by molar-refractivity contribution is 6.46. The number of likely N-dealkylation sites (tertiary alicyclic amines) is 1. The Balaban J connectivity index is 2.04. The van der Waals surface area contributed by atoms with Gasteiger partial charge in [0.25, 0.3) is 11.7 Å². The molecule has 164 valence electrons. The molecular formula is C24H26FNO5. The van der Waals surface area contributed by atoms with E-state index in [4.69, 9.17) is 4.74 Å². The van der Waals surface area contributed by atoms with Crippen molar-refractivity contribution < 1.29 is 28.9 Å². The second-order valence-electron chi connectivity index (χ2n) is 7.82. The lowest BCUT2D eigenvalue weighted by atomic mass is 9.95. The second-order valence-corrected chi connectivity index (χ2v) is 7.82. The monoisotopic (exact) mass is 427 g/mol. The van der Waals surface area contributed by atoms with Gasteiger partial charge in [0.05, 0.1) is 18.2 Å². The molecule has 1 fully saturated rings. The summed E-state index contributed by atoms with van der Waals surface area (Å²) in [4.78, 5) is 26.7. The van der Waals surface area contributed by atoms with Crippen LogP contribution < -0.4 is 4.74 Å². The zero-order valence-electron chi connectivity index (χ0n) is 17.5.